The van der Waals surface area contributed by atoms with Crippen LogP contribution in [0.4, 0.5) is 13.2 Å². The number of fused-ring (bicyclic) bond motifs is 1. The van der Waals surface area contributed by atoms with Crippen LogP contribution in [-0.4, -0.2) is 29.1 Å². The molecule has 0 fully saturated rings. The van der Waals surface area contributed by atoms with E-state index in [1.165, 1.54) is 16.8 Å². The molecule has 1 aromatic carbocycles. The van der Waals surface area contributed by atoms with Gasteiger partial charge in [0.05, 0.1) is 17.8 Å². The van der Waals surface area contributed by atoms with Crippen molar-refractivity contribution >= 4 is 17.2 Å². The maximum absolute atomic E-state index is 13.0. The highest BCUT2D eigenvalue weighted by molar-refractivity contribution is 6.30. The summed E-state index contributed by atoms with van der Waals surface area (Å²) >= 11 is 6.03. The van der Waals surface area contributed by atoms with E-state index in [1.54, 1.807) is 36.7 Å². The van der Waals surface area contributed by atoms with Crippen molar-refractivity contribution < 1.29 is 13.2 Å². The van der Waals surface area contributed by atoms with Crippen molar-refractivity contribution in [3.8, 4) is 22.4 Å². The molecule has 11 heteroatoms. The fourth-order valence-electron chi connectivity index (χ4n) is 3.55. The third-order valence-electron chi connectivity index (χ3n) is 5.17. The van der Waals surface area contributed by atoms with Gasteiger partial charge in [-0.2, -0.15) is 13.2 Å². The van der Waals surface area contributed by atoms with Crippen molar-refractivity contribution in [2.45, 2.75) is 12.7 Å². The molecule has 170 valence electrons. The molecule has 4 aromatic heterocycles. The van der Waals surface area contributed by atoms with Crippen LogP contribution in [0.25, 0.3) is 28.0 Å². The van der Waals surface area contributed by atoms with Gasteiger partial charge in [-0.1, -0.05) is 29.8 Å². The lowest BCUT2D eigenvalue weighted by Crippen LogP contribution is -2.22. The number of nitrogens with zero attached hydrogens (tertiary/aromatic N) is 6. The van der Waals surface area contributed by atoms with Crippen LogP contribution in [0.2, 0.25) is 5.02 Å². The minimum Gasteiger partial charge on any atom is -0.265 e. The SMILES string of the molecule is O=c1n(Cc2ccc(C(F)(F)F)nc2)nc2c(-c3ccncc3)c(-c3ccc(Cl)cc3)ncn12. The monoisotopic (exact) mass is 482 g/mol. The first kappa shape index (κ1) is 21.8. The van der Waals surface area contributed by atoms with Gasteiger partial charge in [0.15, 0.2) is 5.65 Å². The quantitative estimate of drug-likeness (QED) is 0.370. The van der Waals surface area contributed by atoms with Gasteiger partial charge in [0.2, 0.25) is 0 Å². The van der Waals surface area contributed by atoms with Crippen molar-refractivity contribution in [1.82, 2.24) is 29.1 Å². The van der Waals surface area contributed by atoms with E-state index in [1.807, 2.05) is 12.1 Å². The molecule has 0 spiro atoms. The minimum atomic E-state index is -4.54. The molecule has 0 N–H and O–H groups in total. The van der Waals surface area contributed by atoms with Crippen LogP contribution in [-0.2, 0) is 12.7 Å². The van der Waals surface area contributed by atoms with E-state index in [-0.39, 0.29) is 6.54 Å². The van der Waals surface area contributed by atoms with Gasteiger partial charge in [-0.15, -0.1) is 5.10 Å². The topological polar surface area (TPSA) is 78.0 Å². The average Bonchev–Trinajstić information content (AvgIpc) is 3.14. The third-order valence-corrected chi connectivity index (χ3v) is 5.42. The Bertz CT molecular complexity index is 1530. The predicted molar refractivity (Wildman–Crippen MR) is 119 cm³/mol. The highest BCUT2D eigenvalue weighted by atomic mass is 35.5. The van der Waals surface area contributed by atoms with Crippen LogP contribution in [0.5, 0.6) is 0 Å². The Morgan fingerprint density at radius 3 is 2.29 bits per heavy atom. The standard InChI is InChI=1S/C23H14ClF3N6O/c24-17-4-2-16(3-5-17)20-19(15-7-9-28-10-8-15)21-31-33(22(34)32(21)13-30-20)12-14-1-6-18(29-11-14)23(25,26)27/h1-11,13H,12H2. The molecule has 0 aliphatic carbocycles. The Morgan fingerprint density at radius 2 is 1.65 bits per heavy atom. The molecule has 7 nitrogen and oxygen atoms in total. The molecule has 0 unspecified atom stereocenters. The van der Waals surface area contributed by atoms with Crippen molar-refractivity contribution in [2.75, 3.05) is 0 Å². The van der Waals surface area contributed by atoms with E-state index >= 15 is 0 Å². The maximum atomic E-state index is 13.0. The first-order chi connectivity index (χ1) is 16.3. The van der Waals surface area contributed by atoms with Gasteiger partial charge in [-0.05, 0) is 41.5 Å². The highest BCUT2D eigenvalue weighted by Gasteiger charge is 2.32. The second kappa shape index (κ2) is 8.38. The summed E-state index contributed by atoms with van der Waals surface area (Å²) in [4.78, 5) is 25.0. The molecule has 0 aliphatic rings. The Balaban J connectivity index is 1.65. The van der Waals surface area contributed by atoms with E-state index in [9.17, 15) is 18.0 Å². The lowest BCUT2D eigenvalue weighted by Gasteiger charge is -2.10. The normalized spacial score (nSPS) is 11.8. The minimum absolute atomic E-state index is 0.0578. The van der Waals surface area contributed by atoms with Crippen LogP contribution in [0.1, 0.15) is 11.3 Å². The zero-order valence-corrected chi connectivity index (χ0v) is 18.0. The van der Waals surface area contributed by atoms with Crippen LogP contribution in [0, 0.1) is 0 Å². The van der Waals surface area contributed by atoms with Crippen molar-refractivity contribution in [2.24, 2.45) is 0 Å². The second-order valence-electron chi connectivity index (χ2n) is 7.39. The van der Waals surface area contributed by atoms with E-state index in [0.29, 0.717) is 27.5 Å². The average molecular weight is 483 g/mol. The van der Waals surface area contributed by atoms with Crippen LogP contribution in [0.15, 0.2) is 78.2 Å². The molecular formula is C23H14ClF3N6O. The van der Waals surface area contributed by atoms with Gasteiger partial charge in [0.1, 0.15) is 12.0 Å². The second-order valence-corrected chi connectivity index (χ2v) is 7.83. The number of benzene rings is 1. The number of hydrogen-bond donors (Lipinski definition) is 0. The summed E-state index contributed by atoms with van der Waals surface area (Å²) in [6.45, 7) is -0.0578. The number of pyridine rings is 2. The molecule has 5 aromatic rings. The van der Waals surface area contributed by atoms with Crippen LogP contribution < -0.4 is 5.69 Å². The lowest BCUT2D eigenvalue weighted by atomic mass is 10.0. The summed E-state index contributed by atoms with van der Waals surface area (Å²) in [6.07, 6.45) is 1.16. The number of rotatable bonds is 4. The largest absolute Gasteiger partial charge is 0.433 e. The van der Waals surface area contributed by atoms with Gasteiger partial charge < -0.3 is 0 Å². The van der Waals surface area contributed by atoms with E-state index in [4.69, 9.17) is 11.6 Å². The summed E-state index contributed by atoms with van der Waals surface area (Å²) in [6, 6.07) is 12.8. The summed E-state index contributed by atoms with van der Waals surface area (Å²) in [7, 11) is 0. The lowest BCUT2D eigenvalue weighted by molar-refractivity contribution is -0.141. The van der Waals surface area contributed by atoms with Crippen molar-refractivity contribution in [1.29, 1.82) is 0 Å². The smallest absolute Gasteiger partial charge is 0.265 e. The van der Waals surface area contributed by atoms with E-state index in [2.05, 4.69) is 20.1 Å². The Kier molecular flexibility index (Phi) is 5.37. The zero-order chi connectivity index (χ0) is 23.9. The molecule has 0 amide bonds. The van der Waals surface area contributed by atoms with Gasteiger partial charge in [-0.3, -0.25) is 9.97 Å². The summed E-state index contributed by atoms with van der Waals surface area (Å²) in [5, 5.41) is 5.06. The summed E-state index contributed by atoms with van der Waals surface area (Å²) < 4.78 is 40.9. The Labute approximate surface area is 195 Å². The van der Waals surface area contributed by atoms with Gasteiger partial charge in [0.25, 0.3) is 0 Å². The van der Waals surface area contributed by atoms with Gasteiger partial charge >= 0.3 is 11.9 Å². The molecule has 0 saturated heterocycles. The molecular weight excluding hydrogens is 469 g/mol. The molecule has 5 rings (SSSR count). The zero-order valence-electron chi connectivity index (χ0n) is 17.2. The Morgan fingerprint density at radius 1 is 0.912 bits per heavy atom. The predicted octanol–water partition coefficient (Wildman–Crippen LogP) is 4.74. The molecule has 0 radical (unpaired) electrons. The van der Waals surface area contributed by atoms with Crippen LogP contribution >= 0.6 is 11.6 Å². The summed E-state index contributed by atoms with van der Waals surface area (Å²) in [5.74, 6) is 0. The first-order valence-electron chi connectivity index (χ1n) is 9.98. The van der Waals surface area contributed by atoms with Gasteiger partial charge in [-0.25, -0.2) is 18.9 Å². The highest BCUT2D eigenvalue weighted by Crippen LogP contribution is 2.33. The first-order valence-corrected chi connectivity index (χ1v) is 10.4. The molecule has 34 heavy (non-hydrogen) atoms. The molecule has 0 aliphatic heterocycles. The fraction of sp³-hybridized carbons (Fsp3) is 0.0870. The number of alkyl halides is 3. The molecule has 0 bridgehead atoms. The number of hydrogen-bond acceptors (Lipinski definition) is 5. The van der Waals surface area contributed by atoms with Crippen molar-refractivity contribution in [3.63, 3.8) is 0 Å². The number of halogens is 4. The van der Waals surface area contributed by atoms with Crippen molar-refractivity contribution in [3.05, 3.63) is 100 Å². The molecule has 0 atom stereocenters. The summed E-state index contributed by atoms with van der Waals surface area (Å²) in [5.41, 5.74) is 1.96. The third kappa shape index (κ3) is 4.03. The Hall–Kier alpha value is -4.05. The fourth-order valence-corrected chi connectivity index (χ4v) is 3.68. The van der Waals surface area contributed by atoms with E-state index < -0.39 is 17.6 Å². The molecule has 0 saturated carbocycles. The number of aromatic nitrogens is 6. The van der Waals surface area contributed by atoms with E-state index in [0.717, 1.165) is 28.1 Å². The van der Waals surface area contributed by atoms with Crippen LogP contribution in [0.3, 0.4) is 0 Å². The molecule has 4 heterocycles. The van der Waals surface area contributed by atoms with Gasteiger partial charge in [0, 0.05) is 29.2 Å². The maximum Gasteiger partial charge on any atom is 0.433 e.